The highest BCUT2D eigenvalue weighted by atomic mass is 35.5. The summed E-state index contributed by atoms with van der Waals surface area (Å²) in [4.78, 5) is 24.0. The molecule has 0 bridgehead atoms. The highest BCUT2D eigenvalue weighted by Crippen LogP contribution is 2.32. The van der Waals surface area contributed by atoms with Gasteiger partial charge < -0.3 is 19.5 Å². The number of carbonyl (C=O) groups is 2. The molecule has 0 saturated carbocycles. The molecule has 1 amide bonds. The van der Waals surface area contributed by atoms with Crippen molar-refractivity contribution >= 4 is 33.3 Å². The van der Waals surface area contributed by atoms with E-state index >= 15 is 0 Å². The van der Waals surface area contributed by atoms with Crippen LogP contribution in [0.2, 0.25) is 5.02 Å². The molecule has 0 spiro atoms. The first kappa shape index (κ1) is 20.0. The van der Waals surface area contributed by atoms with Gasteiger partial charge in [-0.25, -0.2) is 13.2 Å². The van der Waals surface area contributed by atoms with E-state index in [0.29, 0.717) is 11.5 Å². The number of fused-ring (bicyclic) bond motifs is 1. The first-order valence-corrected chi connectivity index (χ1v) is 10.3. The van der Waals surface area contributed by atoms with Gasteiger partial charge in [0.1, 0.15) is 0 Å². The van der Waals surface area contributed by atoms with Crippen LogP contribution in [0, 0.1) is 0 Å². The van der Waals surface area contributed by atoms with E-state index < -0.39 is 28.3 Å². The molecule has 1 N–H and O–H groups in total. The normalized spacial score (nSPS) is 12.5. The smallest absolute Gasteiger partial charge is 0.340 e. The molecule has 3 rings (SSSR count). The minimum absolute atomic E-state index is 0.0261. The van der Waals surface area contributed by atoms with E-state index in [4.69, 9.17) is 25.8 Å². The Morgan fingerprint density at radius 3 is 2.64 bits per heavy atom. The van der Waals surface area contributed by atoms with Gasteiger partial charge in [-0.05, 0) is 35.9 Å². The van der Waals surface area contributed by atoms with Gasteiger partial charge in [0.2, 0.25) is 6.79 Å². The van der Waals surface area contributed by atoms with Crippen molar-refractivity contribution in [1.82, 2.24) is 5.32 Å². The molecule has 8 nitrogen and oxygen atoms in total. The first-order valence-electron chi connectivity index (χ1n) is 8.06. The average Bonchev–Trinajstić information content (AvgIpc) is 3.11. The third-order valence-corrected chi connectivity index (χ3v) is 5.29. The topological polar surface area (TPSA) is 108 Å². The van der Waals surface area contributed by atoms with Gasteiger partial charge in [-0.2, -0.15) is 0 Å². The number of rotatable bonds is 6. The molecule has 0 saturated heterocycles. The third kappa shape index (κ3) is 4.73. The Bertz CT molecular complexity index is 1040. The van der Waals surface area contributed by atoms with Crippen LogP contribution in [0.25, 0.3) is 0 Å². The summed E-state index contributed by atoms with van der Waals surface area (Å²) < 4.78 is 38.6. The van der Waals surface area contributed by atoms with Gasteiger partial charge in [-0.3, -0.25) is 4.79 Å². The molecule has 0 atom stereocenters. The van der Waals surface area contributed by atoms with Crippen molar-refractivity contribution in [3.8, 4) is 11.5 Å². The van der Waals surface area contributed by atoms with E-state index in [1.165, 1.54) is 12.1 Å². The second kappa shape index (κ2) is 8.07. The summed E-state index contributed by atoms with van der Waals surface area (Å²) in [6, 6.07) is 8.94. The SMILES string of the molecule is CS(=O)(=O)c1ccc(Cl)c(C(=O)OCC(=O)NCc2ccc3c(c2)OCO3)c1. The fourth-order valence-electron chi connectivity index (χ4n) is 2.40. The van der Waals surface area contributed by atoms with Crippen molar-refractivity contribution in [1.29, 1.82) is 0 Å². The quantitative estimate of drug-likeness (QED) is 0.704. The van der Waals surface area contributed by atoms with Crippen LogP contribution in [-0.4, -0.2) is 39.9 Å². The van der Waals surface area contributed by atoms with Crippen molar-refractivity contribution in [3.05, 3.63) is 52.5 Å². The fraction of sp³-hybridized carbons (Fsp3) is 0.222. The molecule has 1 aliphatic heterocycles. The zero-order chi connectivity index (χ0) is 20.3. The minimum atomic E-state index is -3.52. The molecule has 0 aromatic heterocycles. The molecule has 2 aromatic rings. The Kier molecular flexibility index (Phi) is 5.76. The van der Waals surface area contributed by atoms with Gasteiger partial charge in [0.05, 0.1) is 15.5 Å². The molecular formula is C18H16ClNO7S. The Morgan fingerprint density at radius 1 is 1.14 bits per heavy atom. The average molecular weight is 426 g/mol. The molecular weight excluding hydrogens is 410 g/mol. The van der Waals surface area contributed by atoms with Crippen LogP contribution in [0.1, 0.15) is 15.9 Å². The summed E-state index contributed by atoms with van der Waals surface area (Å²) in [7, 11) is -3.52. The maximum atomic E-state index is 12.1. The van der Waals surface area contributed by atoms with E-state index in [-0.39, 0.29) is 28.8 Å². The predicted octanol–water partition coefficient (Wildman–Crippen LogP) is 1.95. The number of hydrogen-bond acceptors (Lipinski definition) is 7. The number of sulfone groups is 1. The minimum Gasteiger partial charge on any atom is -0.454 e. The summed E-state index contributed by atoms with van der Waals surface area (Å²) in [5.74, 6) is -0.189. The van der Waals surface area contributed by atoms with Gasteiger partial charge in [0.15, 0.2) is 27.9 Å². The summed E-state index contributed by atoms with van der Waals surface area (Å²) in [5.41, 5.74) is 0.654. The highest BCUT2D eigenvalue weighted by molar-refractivity contribution is 7.90. The van der Waals surface area contributed by atoms with Crippen LogP contribution >= 0.6 is 11.6 Å². The summed E-state index contributed by atoms with van der Waals surface area (Å²) in [5, 5.41) is 2.63. The van der Waals surface area contributed by atoms with Crippen LogP contribution in [0.3, 0.4) is 0 Å². The van der Waals surface area contributed by atoms with Crippen molar-refractivity contribution < 1.29 is 32.2 Å². The van der Waals surface area contributed by atoms with Crippen molar-refractivity contribution in [2.24, 2.45) is 0 Å². The standard InChI is InChI=1S/C18H16ClNO7S/c1-28(23,24)12-3-4-14(19)13(7-12)18(22)25-9-17(21)20-8-11-2-5-15-16(6-11)27-10-26-15/h2-7H,8-10H2,1H3,(H,20,21). The van der Waals surface area contributed by atoms with E-state index in [0.717, 1.165) is 17.9 Å². The van der Waals surface area contributed by atoms with E-state index in [1.807, 2.05) is 0 Å². The van der Waals surface area contributed by atoms with Crippen LogP contribution in [0.4, 0.5) is 0 Å². The second-order valence-corrected chi connectivity index (χ2v) is 8.38. The molecule has 10 heteroatoms. The largest absolute Gasteiger partial charge is 0.454 e. The lowest BCUT2D eigenvalue weighted by atomic mass is 10.2. The number of nitrogens with one attached hydrogen (secondary N) is 1. The second-order valence-electron chi connectivity index (χ2n) is 5.95. The molecule has 0 unspecified atom stereocenters. The fourth-order valence-corrected chi connectivity index (χ4v) is 3.24. The van der Waals surface area contributed by atoms with E-state index in [2.05, 4.69) is 5.32 Å². The molecule has 2 aromatic carbocycles. The third-order valence-electron chi connectivity index (χ3n) is 3.85. The number of benzene rings is 2. The van der Waals surface area contributed by atoms with Gasteiger partial charge in [-0.15, -0.1) is 0 Å². The Labute approximate surface area is 166 Å². The van der Waals surface area contributed by atoms with Crippen LogP contribution in [0.15, 0.2) is 41.3 Å². The van der Waals surface area contributed by atoms with Gasteiger partial charge in [-0.1, -0.05) is 17.7 Å². The maximum absolute atomic E-state index is 12.1. The molecule has 1 aliphatic rings. The molecule has 0 aliphatic carbocycles. The van der Waals surface area contributed by atoms with Crippen molar-refractivity contribution in [3.63, 3.8) is 0 Å². The van der Waals surface area contributed by atoms with Gasteiger partial charge in [0, 0.05) is 12.8 Å². The molecule has 28 heavy (non-hydrogen) atoms. The summed E-state index contributed by atoms with van der Waals surface area (Å²) in [6.07, 6.45) is 1.01. The Hall–Kier alpha value is -2.78. The van der Waals surface area contributed by atoms with Gasteiger partial charge >= 0.3 is 5.97 Å². The zero-order valence-electron chi connectivity index (χ0n) is 14.7. The number of halogens is 1. The van der Waals surface area contributed by atoms with Crippen LogP contribution in [-0.2, 0) is 25.9 Å². The van der Waals surface area contributed by atoms with Gasteiger partial charge in [0.25, 0.3) is 5.91 Å². The maximum Gasteiger partial charge on any atom is 0.340 e. The monoisotopic (exact) mass is 425 g/mol. The molecule has 0 fully saturated rings. The number of amides is 1. The summed E-state index contributed by atoms with van der Waals surface area (Å²) >= 11 is 5.93. The van der Waals surface area contributed by atoms with Crippen LogP contribution in [0.5, 0.6) is 11.5 Å². The lowest BCUT2D eigenvalue weighted by molar-refractivity contribution is -0.124. The predicted molar refractivity (Wildman–Crippen MR) is 99.3 cm³/mol. The Balaban J connectivity index is 1.55. The Morgan fingerprint density at radius 2 is 1.89 bits per heavy atom. The van der Waals surface area contributed by atoms with Crippen molar-refractivity contribution in [2.45, 2.75) is 11.4 Å². The number of carbonyl (C=O) groups excluding carboxylic acids is 2. The van der Waals surface area contributed by atoms with Crippen molar-refractivity contribution in [2.75, 3.05) is 19.7 Å². The highest BCUT2D eigenvalue weighted by Gasteiger charge is 2.18. The zero-order valence-corrected chi connectivity index (χ0v) is 16.3. The lowest BCUT2D eigenvalue weighted by Crippen LogP contribution is -2.28. The molecule has 0 radical (unpaired) electrons. The molecule has 1 heterocycles. The number of hydrogen-bond donors (Lipinski definition) is 1. The first-order chi connectivity index (χ1) is 13.2. The van der Waals surface area contributed by atoms with E-state index in [9.17, 15) is 18.0 Å². The van der Waals surface area contributed by atoms with Crippen LogP contribution < -0.4 is 14.8 Å². The van der Waals surface area contributed by atoms with E-state index in [1.54, 1.807) is 18.2 Å². The molecule has 148 valence electrons. The number of ether oxygens (including phenoxy) is 3. The lowest BCUT2D eigenvalue weighted by Gasteiger charge is -2.09. The number of esters is 1. The summed E-state index contributed by atoms with van der Waals surface area (Å²) in [6.45, 7) is -0.176.